The number of rotatable bonds is 3. The van der Waals surface area contributed by atoms with Gasteiger partial charge in [0.25, 0.3) is 0 Å². The number of nitriles is 1. The highest BCUT2D eigenvalue weighted by molar-refractivity contribution is 6.03. The quantitative estimate of drug-likeness (QED) is 0.848. The van der Waals surface area contributed by atoms with E-state index in [9.17, 15) is 14.9 Å². The summed E-state index contributed by atoms with van der Waals surface area (Å²) in [6.07, 6.45) is 0. The molecular formula is C16H19N3O2. The van der Waals surface area contributed by atoms with Crippen LogP contribution in [0.1, 0.15) is 25.3 Å². The van der Waals surface area contributed by atoms with Gasteiger partial charge in [-0.15, -0.1) is 0 Å². The summed E-state index contributed by atoms with van der Waals surface area (Å²) in [6, 6.07) is 11.9. The molecule has 1 saturated heterocycles. The highest BCUT2D eigenvalue weighted by Crippen LogP contribution is 2.34. The van der Waals surface area contributed by atoms with Gasteiger partial charge in [0.1, 0.15) is 5.41 Å². The summed E-state index contributed by atoms with van der Waals surface area (Å²) in [7, 11) is 0. The Bertz CT molecular complexity index is 589. The van der Waals surface area contributed by atoms with E-state index in [-0.39, 0.29) is 17.7 Å². The van der Waals surface area contributed by atoms with Gasteiger partial charge in [0.15, 0.2) is 0 Å². The Morgan fingerprint density at radius 1 is 1.29 bits per heavy atom. The van der Waals surface area contributed by atoms with Crippen molar-refractivity contribution in [2.45, 2.75) is 19.8 Å². The second-order valence-electron chi connectivity index (χ2n) is 5.95. The molecule has 1 aliphatic heterocycles. The predicted molar refractivity (Wildman–Crippen MR) is 77.8 cm³/mol. The van der Waals surface area contributed by atoms with E-state index in [1.807, 2.05) is 30.3 Å². The average Bonchev–Trinajstić information content (AvgIpc) is 2.91. The zero-order chi connectivity index (χ0) is 15.6. The Morgan fingerprint density at radius 2 is 1.90 bits per heavy atom. The number of nitrogens with zero attached hydrogens (tertiary/aromatic N) is 2. The molecule has 2 N–H and O–H groups in total. The van der Waals surface area contributed by atoms with Crippen LogP contribution < -0.4 is 5.73 Å². The minimum absolute atomic E-state index is 0.0242. The Labute approximate surface area is 124 Å². The first-order chi connectivity index (χ1) is 9.87. The molecule has 21 heavy (non-hydrogen) atoms. The van der Waals surface area contributed by atoms with Crippen molar-refractivity contribution < 1.29 is 9.59 Å². The third-order valence-electron chi connectivity index (χ3n) is 4.15. The topological polar surface area (TPSA) is 87.2 Å². The summed E-state index contributed by atoms with van der Waals surface area (Å²) in [5.74, 6) is -1.25. The van der Waals surface area contributed by atoms with Gasteiger partial charge < -0.3 is 10.6 Å². The molecule has 5 heteroatoms. The lowest BCUT2D eigenvalue weighted by molar-refractivity contribution is -0.146. The molecule has 5 nitrogen and oxygen atoms in total. The molecule has 110 valence electrons. The fourth-order valence-corrected chi connectivity index (χ4v) is 2.64. The normalized spacial score (nSPS) is 21.9. The maximum Gasteiger partial charge on any atom is 0.237 e. The predicted octanol–water partition coefficient (Wildman–Crippen LogP) is 1.26. The summed E-state index contributed by atoms with van der Waals surface area (Å²) in [5.41, 5.74) is 5.09. The SMILES string of the molecule is CC(C)(C(N)=O)C(=O)N1C[C@@H](C#N)[C@H](c2ccccc2)C1. The average molecular weight is 285 g/mol. The monoisotopic (exact) mass is 285 g/mol. The maximum absolute atomic E-state index is 12.5. The van der Waals surface area contributed by atoms with E-state index in [4.69, 9.17) is 5.73 Å². The van der Waals surface area contributed by atoms with E-state index < -0.39 is 11.3 Å². The van der Waals surface area contributed by atoms with E-state index in [1.165, 1.54) is 13.8 Å². The number of carbonyl (C=O) groups excluding carboxylic acids is 2. The minimum Gasteiger partial charge on any atom is -0.369 e. The van der Waals surface area contributed by atoms with Crippen LogP contribution in [0.25, 0.3) is 0 Å². The minimum atomic E-state index is -1.24. The Morgan fingerprint density at radius 3 is 2.43 bits per heavy atom. The molecule has 1 aliphatic rings. The zero-order valence-electron chi connectivity index (χ0n) is 12.2. The van der Waals surface area contributed by atoms with Crippen LogP contribution in [0.15, 0.2) is 30.3 Å². The van der Waals surface area contributed by atoms with Crippen LogP contribution in [0, 0.1) is 22.7 Å². The Kier molecular flexibility index (Phi) is 3.99. The number of amides is 2. The van der Waals surface area contributed by atoms with E-state index in [2.05, 4.69) is 6.07 Å². The number of likely N-dealkylation sites (tertiary alicyclic amines) is 1. The van der Waals surface area contributed by atoms with Crippen molar-refractivity contribution in [2.24, 2.45) is 17.1 Å². The van der Waals surface area contributed by atoms with Crippen molar-refractivity contribution in [3.05, 3.63) is 35.9 Å². The van der Waals surface area contributed by atoms with E-state index >= 15 is 0 Å². The van der Waals surface area contributed by atoms with Crippen molar-refractivity contribution in [3.63, 3.8) is 0 Å². The lowest BCUT2D eigenvalue weighted by atomic mass is 9.90. The van der Waals surface area contributed by atoms with Gasteiger partial charge in [-0.2, -0.15) is 5.26 Å². The van der Waals surface area contributed by atoms with Crippen LogP contribution in [0.2, 0.25) is 0 Å². The fourth-order valence-electron chi connectivity index (χ4n) is 2.64. The number of carbonyl (C=O) groups is 2. The molecule has 1 aromatic carbocycles. The number of hydrogen-bond donors (Lipinski definition) is 1. The maximum atomic E-state index is 12.5. The van der Waals surface area contributed by atoms with Crippen LogP contribution in [-0.2, 0) is 9.59 Å². The molecule has 0 spiro atoms. The number of primary amides is 1. The number of benzene rings is 1. The van der Waals surface area contributed by atoms with Crippen molar-refractivity contribution in [3.8, 4) is 6.07 Å². The van der Waals surface area contributed by atoms with Gasteiger partial charge in [0, 0.05) is 19.0 Å². The van der Waals surface area contributed by atoms with Crippen LogP contribution in [0.3, 0.4) is 0 Å². The zero-order valence-corrected chi connectivity index (χ0v) is 12.2. The summed E-state index contributed by atoms with van der Waals surface area (Å²) in [6.45, 7) is 3.83. The van der Waals surface area contributed by atoms with Gasteiger partial charge in [-0.3, -0.25) is 9.59 Å². The van der Waals surface area contributed by atoms with Gasteiger partial charge in [-0.25, -0.2) is 0 Å². The third kappa shape index (κ3) is 2.75. The van der Waals surface area contributed by atoms with Crippen molar-refractivity contribution in [1.82, 2.24) is 4.90 Å². The van der Waals surface area contributed by atoms with Crippen LogP contribution in [-0.4, -0.2) is 29.8 Å². The molecule has 2 atom stereocenters. The highest BCUT2D eigenvalue weighted by Gasteiger charge is 2.43. The van der Waals surface area contributed by atoms with Gasteiger partial charge in [-0.05, 0) is 19.4 Å². The highest BCUT2D eigenvalue weighted by atomic mass is 16.2. The smallest absolute Gasteiger partial charge is 0.237 e. The van der Waals surface area contributed by atoms with E-state index in [1.54, 1.807) is 4.90 Å². The first-order valence-corrected chi connectivity index (χ1v) is 6.91. The lowest BCUT2D eigenvalue weighted by Gasteiger charge is -2.26. The molecule has 0 aliphatic carbocycles. The van der Waals surface area contributed by atoms with Crippen molar-refractivity contribution >= 4 is 11.8 Å². The Balaban J connectivity index is 2.22. The molecule has 1 aromatic rings. The van der Waals surface area contributed by atoms with Crippen LogP contribution in [0.5, 0.6) is 0 Å². The molecule has 2 amide bonds. The van der Waals surface area contributed by atoms with Gasteiger partial charge >= 0.3 is 0 Å². The molecule has 1 fully saturated rings. The van der Waals surface area contributed by atoms with Gasteiger partial charge in [0.05, 0.1) is 12.0 Å². The number of hydrogen-bond acceptors (Lipinski definition) is 3. The standard InChI is InChI=1S/C16H19N3O2/c1-16(2,14(18)20)15(21)19-9-12(8-17)13(10-19)11-6-4-3-5-7-11/h3-7,12-13H,9-10H2,1-2H3,(H2,18,20)/t12-,13+/m1/s1. The molecule has 0 saturated carbocycles. The largest absolute Gasteiger partial charge is 0.369 e. The Hall–Kier alpha value is -2.35. The summed E-state index contributed by atoms with van der Waals surface area (Å²) >= 11 is 0. The second kappa shape index (κ2) is 5.57. The van der Waals surface area contributed by atoms with Gasteiger partial charge in [-0.1, -0.05) is 30.3 Å². The molecule has 0 radical (unpaired) electrons. The lowest BCUT2D eigenvalue weighted by Crippen LogP contribution is -2.47. The molecule has 0 aromatic heterocycles. The fraction of sp³-hybridized carbons (Fsp3) is 0.438. The third-order valence-corrected chi connectivity index (χ3v) is 4.15. The molecule has 1 heterocycles. The molecule has 0 unspecified atom stereocenters. The summed E-state index contributed by atoms with van der Waals surface area (Å²) < 4.78 is 0. The molecular weight excluding hydrogens is 266 g/mol. The summed E-state index contributed by atoms with van der Waals surface area (Å²) in [5, 5.41) is 9.33. The van der Waals surface area contributed by atoms with Crippen molar-refractivity contribution in [2.75, 3.05) is 13.1 Å². The van der Waals surface area contributed by atoms with Gasteiger partial charge in [0.2, 0.25) is 11.8 Å². The first kappa shape index (κ1) is 15.0. The van der Waals surface area contributed by atoms with Crippen LogP contribution >= 0.6 is 0 Å². The first-order valence-electron chi connectivity index (χ1n) is 6.91. The number of nitrogens with two attached hydrogens (primary N) is 1. The van der Waals surface area contributed by atoms with E-state index in [0.717, 1.165) is 5.56 Å². The van der Waals surface area contributed by atoms with Crippen molar-refractivity contribution in [1.29, 1.82) is 5.26 Å². The summed E-state index contributed by atoms with van der Waals surface area (Å²) in [4.78, 5) is 25.5. The molecule has 2 rings (SSSR count). The van der Waals surface area contributed by atoms with Crippen LogP contribution in [0.4, 0.5) is 0 Å². The second-order valence-corrected chi connectivity index (χ2v) is 5.95. The van der Waals surface area contributed by atoms with E-state index in [0.29, 0.717) is 13.1 Å². The molecule has 0 bridgehead atoms.